The van der Waals surface area contributed by atoms with Crippen LogP contribution in [0.3, 0.4) is 0 Å². The summed E-state index contributed by atoms with van der Waals surface area (Å²) in [5.41, 5.74) is 1.11. The smallest absolute Gasteiger partial charge is 0.305 e. The first kappa shape index (κ1) is 27.1. The molecule has 0 bridgehead atoms. The van der Waals surface area contributed by atoms with Crippen molar-refractivity contribution in [3.63, 3.8) is 0 Å². The van der Waals surface area contributed by atoms with Crippen LogP contribution in [0.1, 0.15) is 108 Å². The monoisotopic (exact) mass is 455 g/mol. The number of ether oxygens (including phenoxy) is 1. The predicted octanol–water partition coefficient (Wildman–Crippen LogP) is 7.37. The van der Waals surface area contributed by atoms with Gasteiger partial charge in [-0.25, -0.2) is 0 Å². The normalized spacial score (nSPS) is 21.0. The number of nitrogens with zero attached hydrogens (tertiary/aromatic N) is 1. The first-order valence-corrected chi connectivity index (χ1v) is 13.4. The number of rotatable bonds is 2. The molecule has 0 unspecified atom stereocenters. The van der Waals surface area contributed by atoms with Crippen LogP contribution in [0.4, 0.5) is 0 Å². The molecular weight excluding hydrogens is 410 g/mol. The van der Waals surface area contributed by atoms with Crippen LogP contribution in [0.15, 0.2) is 42.5 Å². The second-order valence-corrected chi connectivity index (χ2v) is 9.31. The molecule has 0 aliphatic carbocycles. The second-order valence-electron chi connectivity index (χ2n) is 9.31. The molecule has 1 aromatic rings. The number of amides is 1. The quantitative estimate of drug-likeness (QED) is 0.345. The maximum Gasteiger partial charge on any atom is 0.305 e. The van der Waals surface area contributed by atoms with Crippen molar-refractivity contribution >= 4 is 11.9 Å². The molecular formula is C29H45NO3. The predicted molar refractivity (Wildman–Crippen MR) is 136 cm³/mol. The first-order valence-electron chi connectivity index (χ1n) is 13.4. The third-order valence-electron chi connectivity index (χ3n) is 6.37. The molecule has 0 fully saturated rings. The van der Waals surface area contributed by atoms with Crippen molar-refractivity contribution in [2.75, 3.05) is 13.2 Å². The van der Waals surface area contributed by atoms with E-state index in [2.05, 4.69) is 12.2 Å². The summed E-state index contributed by atoms with van der Waals surface area (Å²) in [6.45, 7) is 1.32. The van der Waals surface area contributed by atoms with Crippen molar-refractivity contribution in [1.29, 1.82) is 0 Å². The number of carbonyl (C=O) groups excluding carboxylic acids is 2. The Morgan fingerprint density at radius 1 is 0.667 bits per heavy atom. The Balaban J connectivity index is 1.82. The number of hydrogen-bond acceptors (Lipinski definition) is 3. The van der Waals surface area contributed by atoms with E-state index in [1.54, 1.807) is 0 Å². The van der Waals surface area contributed by atoms with E-state index in [0.29, 0.717) is 25.9 Å². The van der Waals surface area contributed by atoms with Crippen LogP contribution < -0.4 is 0 Å². The molecule has 184 valence electrons. The number of benzene rings is 1. The first-order chi connectivity index (χ1) is 16.3. The summed E-state index contributed by atoms with van der Waals surface area (Å²) in [6.07, 6.45) is 22.2. The summed E-state index contributed by atoms with van der Waals surface area (Å²) in [4.78, 5) is 26.8. The lowest BCUT2D eigenvalue weighted by Gasteiger charge is -2.23. The minimum atomic E-state index is -0.137. The van der Waals surface area contributed by atoms with Gasteiger partial charge in [-0.05, 0) is 44.1 Å². The summed E-state index contributed by atoms with van der Waals surface area (Å²) < 4.78 is 5.46. The van der Waals surface area contributed by atoms with Crippen LogP contribution in [0.25, 0.3) is 0 Å². The molecule has 4 nitrogen and oxygen atoms in total. The minimum absolute atomic E-state index is 0.137. The molecule has 33 heavy (non-hydrogen) atoms. The molecule has 0 atom stereocenters. The SMILES string of the molecule is O=C1CCCCCCCC/C=C/CCCCCCCCC(=O)N(Cc2ccccc2)CCO1. The Hall–Kier alpha value is -2.10. The van der Waals surface area contributed by atoms with Crippen LogP contribution in [0, 0.1) is 0 Å². The van der Waals surface area contributed by atoms with Gasteiger partial charge in [0.2, 0.25) is 5.91 Å². The van der Waals surface area contributed by atoms with E-state index in [-0.39, 0.29) is 18.5 Å². The highest BCUT2D eigenvalue weighted by Crippen LogP contribution is 2.13. The van der Waals surface area contributed by atoms with Crippen molar-refractivity contribution in [1.82, 2.24) is 4.90 Å². The van der Waals surface area contributed by atoms with Crippen LogP contribution in [0.2, 0.25) is 0 Å². The van der Waals surface area contributed by atoms with Crippen molar-refractivity contribution < 1.29 is 14.3 Å². The lowest BCUT2D eigenvalue weighted by atomic mass is 10.1. The van der Waals surface area contributed by atoms with Gasteiger partial charge in [0.05, 0.1) is 6.54 Å². The van der Waals surface area contributed by atoms with E-state index < -0.39 is 0 Å². The third-order valence-corrected chi connectivity index (χ3v) is 6.37. The zero-order chi connectivity index (χ0) is 23.4. The molecule has 0 N–H and O–H groups in total. The molecule has 0 saturated carbocycles. The molecule has 1 amide bonds. The molecule has 1 aromatic carbocycles. The van der Waals surface area contributed by atoms with Gasteiger partial charge in [0.25, 0.3) is 0 Å². The number of cyclic esters (lactones) is 1. The van der Waals surface area contributed by atoms with Gasteiger partial charge in [0.15, 0.2) is 0 Å². The Labute approximate surface area is 201 Å². The molecule has 0 saturated heterocycles. The maximum atomic E-state index is 12.9. The highest BCUT2D eigenvalue weighted by molar-refractivity contribution is 5.76. The summed E-state index contributed by atoms with van der Waals surface area (Å²) in [7, 11) is 0. The van der Waals surface area contributed by atoms with E-state index in [1.165, 1.54) is 64.2 Å². The summed E-state index contributed by atoms with van der Waals surface area (Å²) >= 11 is 0. The van der Waals surface area contributed by atoms with Gasteiger partial charge in [0.1, 0.15) is 6.61 Å². The van der Waals surface area contributed by atoms with E-state index in [9.17, 15) is 9.59 Å². The number of carbonyl (C=O) groups is 2. The Morgan fingerprint density at radius 2 is 1.21 bits per heavy atom. The van der Waals surface area contributed by atoms with E-state index >= 15 is 0 Å². The zero-order valence-electron chi connectivity index (χ0n) is 20.6. The van der Waals surface area contributed by atoms with Gasteiger partial charge in [-0.15, -0.1) is 0 Å². The Bertz CT molecular complexity index is 671. The minimum Gasteiger partial charge on any atom is -0.464 e. The van der Waals surface area contributed by atoms with Crippen molar-refractivity contribution in [2.24, 2.45) is 0 Å². The Morgan fingerprint density at radius 3 is 1.85 bits per heavy atom. The molecule has 2 rings (SSSR count). The van der Waals surface area contributed by atoms with Crippen molar-refractivity contribution in [2.45, 2.75) is 109 Å². The fourth-order valence-corrected chi connectivity index (χ4v) is 4.32. The van der Waals surface area contributed by atoms with Gasteiger partial charge >= 0.3 is 5.97 Å². The van der Waals surface area contributed by atoms with Gasteiger partial charge < -0.3 is 9.64 Å². The molecule has 0 radical (unpaired) electrons. The van der Waals surface area contributed by atoms with Crippen LogP contribution >= 0.6 is 0 Å². The average molecular weight is 456 g/mol. The maximum absolute atomic E-state index is 12.9. The lowest BCUT2D eigenvalue weighted by molar-refractivity contribution is -0.146. The van der Waals surface area contributed by atoms with Crippen molar-refractivity contribution in [3.8, 4) is 0 Å². The lowest BCUT2D eigenvalue weighted by Crippen LogP contribution is -2.34. The van der Waals surface area contributed by atoms with Crippen LogP contribution in [0.5, 0.6) is 0 Å². The fourth-order valence-electron chi connectivity index (χ4n) is 4.32. The van der Waals surface area contributed by atoms with Crippen LogP contribution in [-0.4, -0.2) is 29.9 Å². The average Bonchev–Trinajstić information content (AvgIpc) is 2.82. The van der Waals surface area contributed by atoms with E-state index in [1.807, 2.05) is 35.2 Å². The fraction of sp³-hybridized carbons (Fsp3) is 0.655. The summed E-state index contributed by atoms with van der Waals surface area (Å²) in [6, 6.07) is 10.1. The standard InChI is InChI=1S/C29H45NO3/c31-28-22-18-13-11-9-7-5-3-1-2-4-6-8-10-12-14-19-23-29(32)33-25-24-30(28)26-27-20-16-15-17-21-27/h1-2,15-17,20-21H,3-14,18-19,22-26H2/b2-1+. The molecule has 1 heterocycles. The van der Waals surface area contributed by atoms with Gasteiger partial charge in [-0.3, -0.25) is 9.59 Å². The molecule has 4 heteroatoms. The van der Waals surface area contributed by atoms with E-state index in [0.717, 1.165) is 31.2 Å². The molecule has 0 spiro atoms. The van der Waals surface area contributed by atoms with E-state index in [4.69, 9.17) is 4.74 Å². The zero-order valence-corrected chi connectivity index (χ0v) is 20.6. The van der Waals surface area contributed by atoms with Crippen LogP contribution in [-0.2, 0) is 20.9 Å². The molecule has 1 aliphatic heterocycles. The van der Waals surface area contributed by atoms with Gasteiger partial charge in [-0.2, -0.15) is 0 Å². The summed E-state index contributed by atoms with van der Waals surface area (Å²) in [5, 5.41) is 0. The number of esters is 1. The highest BCUT2D eigenvalue weighted by atomic mass is 16.5. The molecule has 1 aliphatic rings. The largest absolute Gasteiger partial charge is 0.464 e. The van der Waals surface area contributed by atoms with Gasteiger partial charge in [-0.1, -0.05) is 93.9 Å². The molecule has 0 aromatic heterocycles. The Kier molecular flexibility index (Phi) is 15.1. The summed E-state index contributed by atoms with van der Waals surface area (Å²) in [5.74, 6) is 0.0243. The third kappa shape index (κ3) is 13.9. The van der Waals surface area contributed by atoms with Gasteiger partial charge in [0, 0.05) is 19.4 Å². The highest BCUT2D eigenvalue weighted by Gasteiger charge is 2.15. The second kappa shape index (κ2) is 18.3. The topological polar surface area (TPSA) is 46.6 Å². The van der Waals surface area contributed by atoms with Crippen molar-refractivity contribution in [3.05, 3.63) is 48.0 Å². The number of hydrogen-bond donors (Lipinski definition) is 0. The number of allylic oxidation sites excluding steroid dienone is 2.